The SMILES string of the molecule is Cl.Cl.NC(=O)[C@@H]1CCNC1. The predicted molar refractivity (Wildman–Crippen MR) is 44.7 cm³/mol. The van der Waals surface area contributed by atoms with Gasteiger partial charge < -0.3 is 11.1 Å². The highest BCUT2D eigenvalue weighted by Gasteiger charge is 2.18. The fourth-order valence-electron chi connectivity index (χ4n) is 0.897. The van der Waals surface area contributed by atoms with Crippen molar-refractivity contribution in [3.63, 3.8) is 0 Å². The minimum Gasteiger partial charge on any atom is -0.369 e. The van der Waals surface area contributed by atoms with Crippen molar-refractivity contribution in [3.05, 3.63) is 0 Å². The van der Waals surface area contributed by atoms with Crippen molar-refractivity contribution in [2.75, 3.05) is 13.1 Å². The zero-order valence-corrected chi connectivity index (χ0v) is 7.13. The molecule has 1 fully saturated rings. The normalized spacial score (nSPS) is 22.6. The second kappa shape index (κ2) is 5.77. The molecule has 1 atom stereocenters. The van der Waals surface area contributed by atoms with E-state index >= 15 is 0 Å². The Morgan fingerprint density at radius 3 is 2.30 bits per heavy atom. The Morgan fingerprint density at radius 2 is 2.10 bits per heavy atom. The van der Waals surface area contributed by atoms with Crippen molar-refractivity contribution in [1.29, 1.82) is 0 Å². The highest BCUT2D eigenvalue weighted by Crippen LogP contribution is 2.04. The highest BCUT2D eigenvalue weighted by atomic mass is 35.5. The summed E-state index contributed by atoms with van der Waals surface area (Å²) in [6.07, 6.45) is 0.912. The minimum atomic E-state index is -0.171. The summed E-state index contributed by atoms with van der Waals surface area (Å²) in [5.41, 5.74) is 5.02. The second-order valence-electron chi connectivity index (χ2n) is 2.09. The topological polar surface area (TPSA) is 55.1 Å². The summed E-state index contributed by atoms with van der Waals surface area (Å²) >= 11 is 0. The van der Waals surface area contributed by atoms with E-state index in [4.69, 9.17) is 5.73 Å². The maximum absolute atomic E-state index is 10.4. The molecule has 1 aliphatic rings. The van der Waals surface area contributed by atoms with E-state index in [1.165, 1.54) is 0 Å². The van der Waals surface area contributed by atoms with Gasteiger partial charge in [0.25, 0.3) is 0 Å². The van der Waals surface area contributed by atoms with Crippen molar-refractivity contribution in [2.45, 2.75) is 6.42 Å². The van der Waals surface area contributed by atoms with Gasteiger partial charge in [-0.2, -0.15) is 0 Å². The summed E-state index contributed by atoms with van der Waals surface area (Å²) in [6, 6.07) is 0. The van der Waals surface area contributed by atoms with E-state index in [0.717, 1.165) is 19.5 Å². The van der Waals surface area contributed by atoms with E-state index in [0.29, 0.717) is 0 Å². The van der Waals surface area contributed by atoms with E-state index in [1.54, 1.807) is 0 Å². The van der Waals surface area contributed by atoms with E-state index in [1.807, 2.05) is 0 Å². The summed E-state index contributed by atoms with van der Waals surface area (Å²) in [6.45, 7) is 1.71. The number of primary amides is 1. The molecule has 0 aromatic rings. The van der Waals surface area contributed by atoms with Gasteiger partial charge in [0.2, 0.25) is 5.91 Å². The van der Waals surface area contributed by atoms with E-state index in [-0.39, 0.29) is 36.6 Å². The van der Waals surface area contributed by atoms with Crippen LogP contribution in [0.25, 0.3) is 0 Å². The Kier molecular flexibility index (Phi) is 7.31. The minimum absolute atomic E-state index is 0. The van der Waals surface area contributed by atoms with Crippen LogP contribution < -0.4 is 11.1 Å². The van der Waals surface area contributed by atoms with Gasteiger partial charge in [0.15, 0.2) is 0 Å². The van der Waals surface area contributed by atoms with E-state index < -0.39 is 0 Å². The Hall–Kier alpha value is 0.01000. The predicted octanol–water partition coefficient (Wildman–Crippen LogP) is -0.0752. The van der Waals surface area contributed by atoms with Crippen molar-refractivity contribution in [2.24, 2.45) is 11.7 Å². The molecule has 1 heterocycles. The third-order valence-electron chi connectivity index (χ3n) is 1.46. The molecule has 0 aromatic carbocycles. The summed E-state index contributed by atoms with van der Waals surface area (Å²) in [7, 11) is 0. The summed E-state index contributed by atoms with van der Waals surface area (Å²) in [5.74, 6) is -0.0787. The van der Waals surface area contributed by atoms with Crippen molar-refractivity contribution >= 4 is 30.7 Å². The Morgan fingerprint density at radius 1 is 1.50 bits per heavy atom. The van der Waals surface area contributed by atoms with Crippen LogP contribution in [0.1, 0.15) is 6.42 Å². The second-order valence-corrected chi connectivity index (χ2v) is 2.09. The molecule has 0 aliphatic carbocycles. The molecule has 3 nitrogen and oxygen atoms in total. The third-order valence-corrected chi connectivity index (χ3v) is 1.46. The van der Waals surface area contributed by atoms with E-state index in [9.17, 15) is 4.79 Å². The molecule has 0 radical (unpaired) electrons. The summed E-state index contributed by atoms with van der Waals surface area (Å²) in [4.78, 5) is 10.4. The number of halogens is 2. The number of amides is 1. The van der Waals surface area contributed by atoms with Gasteiger partial charge in [0, 0.05) is 6.54 Å². The lowest BCUT2D eigenvalue weighted by Crippen LogP contribution is -2.24. The molecule has 1 amide bonds. The monoisotopic (exact) mass is 186 g/mol. The first kappa shape index (κ1) is 12.7. The van der Waals surface area contributed by atoms with Crippen molar-refractivity contribution < 1.29 is 4.79 Å². The lowest BCUT2D eigenvalue weighted by Gasteiger charge is -1.98. The van der Waals surface area contributed by atoms with Crippen molar-refractivity contribution in [3.8, 4) is 0 Å². The highest BCUT2D eigenvalue weighted by molar-refractivity contribution is 5.85. The molecule has 5 heteroatoms. The first-order chi connectivity index (χ1) is 3.80. The van der Waals surface area contributed by atoms with Crippen LogP contribution in [-0.4, -0.2) is 19.0 Å². The van der Waals surface area contributed by atoms with Gasteiger partial charge in [-0.25, -0.2) is 0 Å². The van der Waals surface area contributed by atoms with Crippen LogP contribution in [-0.2, 0) is 4.79 Å². The van der Waals surface area contributed by atoms with Gasteiger partial charge in [-0.3, -0.25) is 4.79 Å². The largest absolute Gasteiger partial charge is 0.369 e. The molecular weight excluding hydrogens is 175 g/mol. The van der Waals surface area contributed by atoms with Crippen molar-refractivity contribution in [1.82, 2.24) is 5.32 Å². The molecule has 62 valence electrons. The van der Waals surface area contributed by atoms with Crippen LogP contribution in [0.15, 0.2) is 0 Å². The zero-order chi connectivity index (χ0) is 5.98. The average Bonchev–Trinajstić information content (AvgIpc) is 2.12. The lowest BCUT2D eigenvalue weighted by atomic mass is 10.1. The molecular formula is C5H12Cl2N2O. The molecule has 10 heavy (non-hydrogen) atoms. The maximum Gasteiger partial charge on any atom is 0.221 e. The Bertz CT molecular complexity index is 104. The molecule has 0 bridgehead atoms. The Balaban J connectivity index is 0. The van der Waals surface area contributed by atoms with Gasteiger partial charge in [-0.05, 0) is 13.0 Å². The van der Waals surface area contributed by atoms with E-state index in [2.05, 4.69) is 5.32 Å². The molecule has 0 aromatic heterocycles. The maximum atomic E-state index is 10.4. The first-order valence-electron chi connectivity index (χ1n) is 2.81. The summed E-state index contributed by atoms with van der Waals surface area (Å²) < 4.78 is 0. The quantitative estimate of drug-likeness (QED) is 0.603. The number of hydrogen-bond donors (Lipinski definition) is 2. The fraction of sp³-hybridized carbons (Fsp3) is 0.800. The van der Waals surface area contributed by atoms with Gasteiger partial charge in [-0.1, -0.05) is 0 Å². The summed E-state index contributed by atoms with van der Waals surface area (Å²) in [5, 5.41) is 3.05. The number of carbonyl (C=O) groups excluding carboxylic acids is 1. The van der Waals surface area contributed by atoms with Crippen LogP contribution in [0, 0.1) is 5.92 Å². The smallest absolute Gasteiger partial charge is 0.221 e. The number of nitrogens with two attached hydrogens (primary N) is 1. The van der Waals surface area contributed by atoms with Crippen LogP contribution >= 0.6 is 24.8 Å². The van der Waals surface area contributed by atoms with Gasteiger partial charge in [0.05, 0.1) is 5.92 Å². The average molecular weight is 187 g/mol. The number of hydrogen-bond acceptors (Lipinski definition) is 2. The van der Waals surface area contributed by atoms with Gasteiger partial charge >= 0.3 is 0 Å². The molecule has 0 unspecified atom stereocenters. The number of rotatable bonds is 1. The number of carbonyl (C=O) groups is 1. The standard InChI is InChI=1S/C5H10N2O.2ClH/c6-5(8)4-1-2-7-3-4;;/h4,7H,1-3H2,(H2,6,8);2*1H/t4-;;/m1../s1. The fourth-order valence-corrected chi connectivity index (χ4v) is 0.897. The molecule has 1 aliphatic heterocycles. The molecule has 0 spiro atoms. The number of nitrogens with one attached hydrogen (secondary N) is 1. The third kappa shape index (κ3) is 3.25. The molecule has 1 rings (SSSR count). The lowest BCUT2D eigenvalue weighted by molar-refractivity contribution is -0.121. The molecule has 1 saturated heterocycles. The van der Waals surface area contributed by atoms with Gasteiger partial charge in [0.1, 0.15) is 0 Å². The van der Waals surface area contributed by atoms with Gasteiger partial charge in [-0.15, -0.1) is 24.8 Å². The Labute approximate surface area is 72.6 Å². The zero-order valence-electron chi connectivity index (χ0n) is 5.50. The van der Waals surface area contributed by atoms with Crippen LogP contribution in [0.4, 0.5) is 0 Å². The van der Waals surface area contributed by atoms with Crippen LogP contribution in [0.3, 0.4) is 0 Å². The molecule has 3 N–H and O–H groups in total. The first-order valence-corrected chi connectivity index (χ1v) is 2.81. The van der Waals surface area contributed by atoms with Crippen LogP contribution in [0.2, 0.25) is 0 Å². The molecule has 0 saturated carbocycles. The van der Waals surface area contributed by atoms with Crippen LogP contribution in [0.5, 0.6) is 0 Å².